The Bertz CT molecular complexity index is 730. The van der Waals surface area contributed by atoms with Crippen molar-refractivity contribution in [3.05, 3.63) is 17.5 Å². The highest BCUT2D eigenvalue weighted by molar-refractivity contribution is 5.92. The van der Waals surface area contributed by atoms with Crippen LogP contribution >= 0.6 is 0 Å². The third-order valence-corrected chi connectivity index (χ3v) is 3.64. The first-order valence-electron chi connectivity index (χ1n) is 6.89. The maximum absolute atomic E-state index is 14.5. The van der Waals surface area contributed by atoms with Crippen LogP contribution in [0.3, 0.4) is 0 Å². The van der Waals surface area contributed by atoms with Crippen molar-refractivity contribution in [2.24, 2.45) is 0 Å². The van der Waals surface area contributed by atoms with E-state index in [1.165, 1.54) is 0 Å². The van der Waals surface area contributed by atoms with Gasteiger partial charge in [-0.2, -0.15) is 4.98 Å². The van der Waals surface area contributed by atoms with Crippen molar-refractivity contribution < 1.29 is 13.2 Å². The van der Waals surface area contributed by atoms with Crippen molar-refractivity contribution >= 4 is 28.4 Å². The summed E-state index contributed by atoms with van der Waals surface area (Å²) in [6.07, 6.45) is 2.85. The molecule has 0 amide bonds. The highest BCUT2D eigenvalue weighted by atomic mass is 19.2. The smallest absolute Gasteiger partial charge is 0.222 e. The molecule has 0 unspecified atom stereocenters. The second-order valence-electron chi connectivity index (χ2n) is 5.17. The monoisotopic (exact) mass is 312 g/mol. The first-order chi connectivity index (χ1) is 10.5. The van der Waals surface area contributed by atoms with Gasteiger partial charge in [0.15, 0.2) is 17.5 Å². The van der Waals surface area contributed by atoms with Crippen LogP contribution in [0.5, 0.6) is 0 Å². The van der Waals surface area contributed by atoms with E-state index in [0.29, 0.717) is 13.1 Å². The molecule has 0 spiro atoms. The molecule has 1 aliphatic heterocycles. The fourth-order valence-electron chi connectivity index (χ4n) is 2.57. The molecule has 3 rings (SSSR count). The van der Waals surface area contributed by atoms with Gasteiger partial charge in [-0.15, -0.1) is 0 Å². The van der Waals surface area contributed by atoms with Gasteiger partial charge in [0.25, 0.3) is 0 Å². The Kier molecular flexibility index (Phi) is 3.65. The predicted octanol–water partition coefficient (Wildman–Crippen LogP) is 2.02. The average Bonchev–Trinajstić information content (AvgIpc) is 2.50. The molecule has 22 heavy (non-hydrogen) atoms. The van der Waals surface area contributed by atoms with E-state index < -0.39 is 39.9 Å². The van der Waals surface area contributed by atoms with Crippen molar-refractivity contribution in [1.82, 2.24) is 15.0 Å². The zero-order chi connectivity index (χ0) is 15.9. The van der Waals surface area contributed by atoms with Crippen LogP contribution in [-0.4, -0.2) is 28.1 Å². The van der Waals surface area contributed by atoms with Gasteiger partial charge in [-0.3, -0.25) is 0 Å². The van der Waals surface area contributed by atoms with Crippen molar-refractivity contribution in [1.29, 1.82) is 0 Å². The topological polar surface area (TPSA) is 93.1 Å². The van der Waals surface area contributed by atoms with E-state index in [2.05, 4.69) is 15.4 Å². The second kappa shape index (κ2) is 5.48. The van der Waals surface area contributed by atoms with Crippen LogP contribution in [0.25, 0.3) is 10.9 Å². The molecule has 2 heterocycles. The summed E-state index contributed by atoms with van der Waals surface area (Å²) in [5, 5.41) is 1.14. The Morgan fingerprint density at radius 2 is 1.59 bits per heavy atom. The van der Waals surface area contributed by atoms with Crippen molar-refractivity contribution in [2.45, 2.75) is 19.3 Å². The number of anilines is 3. The zero-order valence-electron chi connectivity index (χ0n) is 11.7. The molecule has 6 nitrogen and oxygen atoms in total. The van der Waals surface area contributed by atoms with Crippen LogP contribution in [0, 0.1) is 17.5 Å². The molecule has 1 aliphatic rings. The molecule has 0 aliphatic carbocycles. The summed E-state index contributed by atoms with van der Waals surface area (Å²) in [5.74, 6) is -4.40. The number of piperidine rings is 1. The third-order valence-electron chi connectivity index (χ3n) is 3.64. The normalized spacial score (nSPS) is 16.1. The summed E-state index contributed by atoms with van der Waals surface area (Å²) in [4.78, 5) is 7.17. The highest BCUT2D eigenvalue weighted by Gasteiger charge is 2.25. The van der Waals surface area contributed by atoms with Gasteiger partial charge in [-0.05, 0) is 12.8 Å². The number of benzene rings is 1. The van der Waals surface area contributed by atoms with Crippen molar-refractivity contribution in [2.75, 3.05) is 30.0 Å². The number of nitrogen functional groups attached to an aromatic ring is 2. The summed E-state index contributed by atoms with van der Waals surface area (Å²) in [7, 11) is 0. The summed E-state index contributed by atoms with van der Waals surface area (Å²) in [5.41, 5.74) is 12.5. The molecular formula is C13H15F3N6. The Balaban J connectivity index is 2.14. The zero-order valence-corrected chi connectivity index (χ0v) is 11.7. The lowest BCUT2D eigenvalue weighted by molar-refractivity contribution is 0.270. The second-order valence-corrected chi connectivity index (χ2v) is 5.17. The molecule has 1 aromatic carbocycles. The first-order valence-corrected chi connectivity index (χ1v) is 6.89. The maximum Gasteiger partial charge on any atom is 0.222 e. The van der Waals surface area contributed by atoms with Crippen LogP contribution in [0.15, 0.2) is 0 Å². The van der Waals surface area contributed by atoms with E-state index >= 15 is 0 Å². The SMILES string of the molecule is Nc1nc(N)c2c(F)c(F)c(NN3CCCCC3)c(F)c2n1. The van der Waals surface area contributed by atoms with E-state index in [1.54, 1.807) is 5.01 Å². The van der Waals surface area contributed by atoms with Gasteiger partial charge in [0.1, 0.15) is 17.0 Å². The molecule has 1 aromatic heterocycles. The fraction of sp³-hybridized carbons (Fsp3) is 0.385. The Labute approximate surface area is 124 Å². The molecule has 5 N–H and O–H groups in total. The molecule has 9 heteroatoms. The molecular weight excluding hydrogens is 297 g/mol. The molecule has 2 aromatic rings. The average molecular weight is 312 g/mol. The van der Waals surface area contributed by atoms with Gasteiger partial charge >= 0.3 is 0 Å². The summed E-state index contributed by atoms with van der Waals surface area (Å²) in [6, 6.07) is 0. The minimum Gasteiger partial charge on any atom is -0.383 e. The minimum absolute atomic E-state index is 0.307. The summed E-state index contributed by atoms with van der Waals surface area (Å²) in [6.45, 7) is 1.24. The van der Waals surface area contributed by atoms with E-state index in [0.717, 1.165) is 19.3 Å². The number of fused-ring (bicyclic) bond motifs is 1. The van der Waals surface area contributed by atoms with Crippen LogP contribution in [0.2, 0.25) is 0 Å². The fourth-order valence-corrected chi connectivity index (χ4v) is 2.57. The quantitative estimate of drug-likeness (QED) is 0.735. The highest BCUT2D eigenvalue weighted by Crippen LogP contribution is 2.33. The molecule has 0 saturated carbocycles. The van der Waals surface area contributed by atoms with E-state index in [9.17, 15) is 13.2 Å². The van der Waals surface area contributed by atoms with Gasteiger partial charge in [0.05, 0.1) is 5.39 Å². The number of hydrogen-bond acceptors (Lipinski definition) is 6. The van der Waals surface area contributed by atoms with Crippen LogP contribution < -0.4 is 16.9 Å². The van der Waals surface area contributed by atoms with Crippen LogP contribution in [0.4, 0.5) is 30.6 Å². The van der Waals surface area contributed by atoms with Crippen LogP contribution in [0.1, 0.15) is 19.3 Å². The number of nitrogens with two attached hydrogens (primary N) is 2. The standard InChI is InChI=1S/C13H15F3N6/c14-7-6-10(19-13(18)20-12(6)17)9(16)11(8(7)15)21-22-4-2-1-3-5-22/h21H,1-5H2,(H4,17,18,19,20). The number of aromatic nitrogens is 2. The van der Waals surface area contributed by atoms with Crippen LogP contribution in [-0.2, 0) is 0 Å². The van der Waals surface area contributed by atoms with Gasteiger partial charge in [-0.25, -0.2) is 23.2 Å². The first kappa shape index (κ1) is 14.6. The van der Waals surface area contributed by atoms with Crippen molar-refractivity contribution in [3.63, 3.8) is 0 Å². The molecule has 0 atom stereocenters. The number of hydrogen-bond donors (Lipinski definition) is 3. The minimum atomic E-state index is -1.35. The molecule has 0 radical (unpaired) electrons. The van der Waals surface area contributed by atoms with E-state index in [-0.39, 0.29) is 5.95 Å². The number of rotatable bonds is 2. The van der Waals surface area contributed by atoms with Gasteiger partial charge < -0.3 is 16.9 Å². The lowest BCUT2D eigenvalue weighted by Crippen LogP contribution is -2.35. The molecule has 1 fully saturated rings. The third kappa shape index (κ3) is 2.37. The predicted molar refractivity (Wildman–Crippen MR) is 77.3 cm³/mol. The molecule has 118 valence electrons. The summed E-state index contributed by atoms with van der Waals surface area (Å²) < 4.78 is 42.9. The molecule has 1 saturated heterocycles. The Morgan fingerprint density at radius 3 is 2.27 bits per heavy atom. The number of hydrazine groups is 1. The van der Waals surface area contributed by atoms with Gasteiger partial charge in [-0.1, -0.05) is 6.42 Å². The number of halogens is 3. The summed E-state index contributed by atoms with van der Waals surface area (Å²) >= 11 is 0. The van der Waals surface area contributed by atoms with Crippen molar-refractivity contribution in [3.8, 4) is 0 Å². The number of nitrogens with one attached hydrogen (secondary N) is 1. The maximum atomic E-state index is 14.5. The van der Waals surface area contributed by atoms with E-state index in [4.69, 9.17) is 11.5 Å². The van der Waals surface area contributed by atoms with Gasteiger partial charge in [0.2, 0.25) is 5.95 Å². The number of nitrogens with zero attached hydrogens (tertiary/aromatic N) is 3. The molecule has 0 bridgehead atoms. The largest absolute Gasteiger partial charge is 0.383 e. The Morgan fingerprint density at radius 1 is 0.909 bits per heavy atom. The lowest BCUT2D eigenvalue weighted by atomic mass is 10.1. The Hall–Kier alpha value is -2.29. The van der Waals surface area contributed by atoms with E-state index in [1.807, 2.05) is 0 Å². The lowest BCUT2D eigenvalue weighted by Gasteiger charge is -2.28. The van der Waals surface area contributed by atoms with Gasteiger partial charge in [0, 0.05) is 13.1 Å².